The Morgan fingerprint density at radius 3 is 2.93 bits per heavy atom. The minimum Gasteiger partial charge on any atom is -0.316 e. The van der Waals surface area contributed by atoms with Gasteiger partial charge in [0.05, 0.1) is 0 Å². The van der Waals surface area contributed by atoms with Crippen LogP contribution < -0.4 is 5.32 Å². The highest BCUT2D eigenvalue weighted by Crippen LogP contribution is 2.26. The fourth-order valence-electron chi connectivity index (χ4n) is 2.05. The van der Waals surface area contributed by atoms with Gasteiger partial charge in [-0.2, -0.15) is 0 Å². The second-order valence-electron chi connectivity index (χ2n) is 3.94. The average Bonchev–Trinajstić information content (AvgIpc) is 2.69. The van der Waals surface area contributed by atoms with E-state index in [-0.39, 0.29) is 0 Å². The van der Waals surface area contributed by atoms with E-state index in [0.29, 0.717) is 5.92 Å². The predicted octanol–water partition coefficient (Wildman–Crippen LogP) is 2.98. The summed E-state index contributed by atoms with van der Waals surface area (Å²) in [6, 6.07) is 6.47. The van der Waals surface area contributed by atoms with E-state index in [9.17, 15) is 0 Å². The standard InChI is InChI=1S/C12H16ClN/c1-2-9-5-11(7-12(13)6-9)10-3-4-14-8-10/h5-7,10,14H,2-4,8H2,1H3. The molecular formula is C12H16ClN. The van der Waals surface area contributed by atoms with Gasteiger partial charge in [0.15, 0.2) is 0 Å². The van der Waals surface area contributed by atoms with Crippen LogP contribution in [0.2, 0.25) is 5.02 Å². The molecule has 0 spiro atoms. The van der Waals surface area contributed by atoms with E-state index < -0.39 is 0 Å². The van der Waals surface area contributed by atoms with E-state index in [1.807, 2.05) is 0 Å². The molecule has 1 aliphatic heterocycles. The van der Waals surface area contributed by atoms with Crippen LogP contribution in [0.15, 0.2) is 18.2 Å². The number of halogens is 1. The summed E-state index contributed by atoms with van der Waals surface area (Å²) in [5.74, 6) is 0.666. The van der Waals surface area contributed by atoms with Crippen LogP contribution in [0.25, 0.3) is 0 Å². The number of rotatable bonds is 2. The molecule has 0 aromatic heterocycles. The molecule has 76 valence electrons. The van der Waals surface area contributed by atoms with Crippen molar-refractivity contribution in [2.75, 3.05) is 13.1 Å². The minimum atomic E-state index is 0.666. The van der Waals surface area contributed by atoms with E-state index in [1.165, 1.54) is 17.5 Å². The van der Waals surface area contributed by atoms with Crippen LogP contribution in [0.5, 0.6) is 0 Å². The minimum absolute atomic E-state index is 0.666. The molecule has 0 saturated carbocycles. The van der Waals surface area contributed by atoms with Crippen LogP contribution in [0, 0.1) is 0 Å². The summed E-state index contributed by atoms with van der Waals surface area (Å²) in [5, 5.41) is 4.27. The van der Waals surface area contributed by atoms with Crippen molar-refractivity contribution in [1.82, 2.24) is 5.32 Å². The number of hydrogen-bond donors (Lipinski definition) is 1. The van der Waals surface area contributed by atoms with Gasteiger partial charge in [-0.15, -0.1) is 0 Å². The smallest absolute Gasteiger partial charge is 0.0411 e. The molecule has 0 bridgehead atoms. The highest BCUT2D eigenvalue weighted by atomic mass is 35.5. The largest absolute Gasteiger partial charge is 0.316 e. The van der Waals surface area contributed by atoms with Crippen molar-refractivity contribution in [3.63, 3.8) is 0 Å². The quantitative estimate of drug-likeness (QED) is 0.790. The van der Waals surface area contributed by atoms with E-state index in [4.69, 9.17) is 11.6 Å². The lowest BCUT2D eigenvalue weighted by Crippen LogP contribution is -2.08. The molecule has 0 aliphatic carbocycles. The van der Waals surface area contributed by atoms with Gasteiger partial charge in [-0.25, -0.2) is 0 Å². The maximum Gasteiger partial charge on any atom is 0.0411 e. The van der Waals surface area contributed by atoms with Gasteiger partial charge in [0.2, 0.25) is 0 Å². The maximum atomic E-state index is 6.09. The Morgan fingerprint density at radius 1 is 1.43 bits per heavy atom. The normalized spacial score (nSPS) is 21.4. The fourth-order valence-corrected chi connectivity index (χ4v) is 2.32. The van der Waals surface area contributed by atoms with Gasteiger partial charge in [0.1, 0.15) is 0 Å². The van der Waals surface area contributed by atoms with Gasteiger partial charge >= 0.3 is 0 Å². The van der Waals surface area contributed by atoms with Gasteiger partial charge in [-0.05, 0) is 48.6 Å². The van der Waals surface area contributed by atoms with E-state index >= 15 is 0 Å². The lowest BCUT2D eigenvalue weighted by Gasteiger charge is -2.10. The fraction of sp³-hybridized carbons (Fsp3) is 0.500. The molecule has 2 rings (SSSR count). The Labute approximate surface area is 90.5 Å². The Hall–Kier alpha value is -0.530. The van der Waals surface area contributed by atoms with Crippen molar-refractivity contribution >= 4 is 11.6 Å². The van der Waals surface area contributed by atoms with Crippen LogP contribution in [-0.4, -0.2) is 13.1 Å². The van der Waals surface area contributed by atoms with Gasteiger partial charge in [0, 0.05) is 11.6 Å². The lowest BCUT2D eigenvalue weighted by atomic mass is 9.96. The van der Waals surface area contributed by atoms with Crippen molar-refractivity contribution in [2.24, 2.45) is 0 Å². The summed E-state index contributed by atoms with van der Waals surface area (Å²) in [6.07, 6.45) is 2.30. The third-order valence-corrected chi connectivity index (χ3v) is 3.14. The van der Waals surface area contributed by atoms with Crippen LogP contribution in [0.1, 0.15) is 30.4 Å². The molecule has 1 N–H and O–H groups in total. The SMILES string of the molecule is CCc1cc(Cl)cc(C2CCNC2)c1. The molecular weight excluding hydrogens is 194 g/mol. The molecule has 0 radical (unpaired) electrons. The molecule has 1 aromatic carbocycles. The molecule has 1 heterocycles. The summed E-state index contributed by atoms with van der Waals surface area (Å²) < 4.78 is 0. The second-order valence-corrected chi connectivity index (χ2v) is 4.37. The van der Waals surface area contributed by atoms with E-state index in [2.05, 4.69) is 30.4 Å². The lowest BCUT2D eigenvalue weighted by molar-refractivity contribution is 0.761. The molecule has 14 heavy (non-hydrogen) atoms. The monoisotopic (exact) mass is 209 g/mol. The first-order chi connectivity index (χ1) is 6.79. The van der Waals surface area contributed by atoms with Crippen molar-refractivity contribution in [3.8, 4) is 0 Å². The second kappa shape index (κ2) is 4.33. The zero-order valence-electron chi connectivity index (χ0n) is 8.52. The molecule has 1 aromatic rings. The number of aryl methyl sites for hydroxylation is 1. The summed E-state index contributed by atoms with van der Waals surface area (Å²) in [5.41, 5.74) is 2.75. The third-order valence-electron chi connectivity index (χ3n) is 2.92. The summed E-state index contributed by atoms with van der Waals surface area (Å²) in [7, 11) is 0. The van der Waals surface area contributed by atoms with Crippen molar-refractivity contribution < 1.29 is 0 Å². The Kier molecular flexibility index (Phi) is 3.09. The highest BCUT2D eigenvalue weighted by molar-refractivity contribution is 6.30. The Morgan fingerprint density at radius 2 is 2.29 bits per heavy atom. The number of hydrogen-bond acceptors (Lipinski definition) is 1. The number of nitrogens with one attached hydrogen (secondary N) is 1. The summed E-state index contributed by atoms with van der Waals surface area (Å²) >= 11 is 6.09. The first kappa shape index (κ1) is 10.0. The van der Waals surface area contributed by atoms with Gasteiger partial charge < -0.3 is 5.32 Å². The van der Waals surface area contributed by atoms with Gasteiger partial charge in [0.25, 0.3) is 0 Å². The van der Waals surface area contributed by atoms with Crippen LogP contribution in [0.4, 0.5) is 0 Å². The Balaban J connectivity index is 2.27. The molecule has 2 heteroatoms. The zero-order chi connectivity index (χ0) is 9.97. The third kappa shape index (κ3) is 2.10. The van der Waals surface area contributed by atoms with E-state index in [0.717, 1.165) is 24.5 Å². The summed E-state index contributed by atoms with van der Waals surface area (Å²) in [4.78, 5) is 0. The maximum absolute atomic E-state index is 6.09. The van der Waals surface area contributed by atoms with Crippen LogP contribution in [-0.2, 0) is 6.42 Å². The molecule has 1 nitrogen and oxygen atoms in total. The Bertz CT molecular complexity index is 316. The predicted molar refractivity (Wildman–Crippen MR) is 61.1 cm³/mol. The first-order valence-electron chi connectivity index (χ1n) is 5.29. The van der Waals surface area contributed by atoms with Gasteiger partial charge in [-0.3, -0.25) is 0 Å². The molecule has 1 saturated heterocycles. The van der Waals surface area contributed by atoms with Crippen LogP contribution >= 0.6 is 11.6 Å². The average molecular weight is 210 g/mol. The molecule has 1 atom stereocenters. The zero-order valence-corrected chi connectivity index (χ0v) is 9.27. The topological polar surface area (TPSA) is 12.0 Å². The molecule has 1 aliphatic rings. The van der Waals surface area contributed by atoms with Crippen molar-refractivity contribution in [1.29, 1.82) is 0 Å². The molecule has 0 amide bonds. The van der Waals surface area contributed by atoms with Crippen molar-refractivity contribution in [3.05, 3.63) is 34.3 Å². The first-order valence-corrected chi connectivity index (χ1v) is 5.67. The van der Waals surface area contributed by atoms with Crippen LogP contribution in [0.3, 0.4) is 0 Å². The number of benzene rings is 1. The highest BCUT2D eigenvalue weighted by Gasteiger charge is 2.17. The molecule has 1 fully saturated rings. The van der Waals surface area contributed by atoms with E-state index in [1.54, 1.807) is 0 Å². The summed E-state index contributed by atoms with van der Waals surface area (Å²) in [6.45, 7) is 4.41. The van der Waals surface area contributed by atoms with Crippen molar-refractivity contribution in [2.45, 2.75) is 25.7 Å². The molecule has 1 unspecified atom stereocenters. The van der Waals surface area contributed by atoms with Gasteiger partial charge in [-0.1, -0.05) is 24.6 Å².